The number of hydrogen-bond donors (Lipinski definition) is 2. The van der Waals surface area contributed by atoms with Gasteiger partial charge in [-0.3, -0.25) is 10.1 Å². The van der Waals surface area contributed by atoms with Gasteiger partial charge in [-0.25, -0.2) is 0 Å². The van der Waals surface area contributed by atoms with Gasteiger partial charge in [-0.2, -0.15) is 0 Å². The van der Waals surface area contributed by atoms with E-state index in [4.69, 9.17) is 0 Å². The van der Waals surface area contributed by atoms with Crippen LogP contribution in [0.4, 0.5) is 0 Å². The minimum Gasteiger partial charge on any atom is -0.355 e. The second-order valence-corrected chi connectivity index (χ2v) is 4.57. The van der Waals surface area contributed by atoms with Crippen LogP contribution >= 0.6 is 0 Å². The number of nitrogens with zero attached hydrogens (tertiary/aromatic N) is 3. The van der Waals surface area contributed by atoms with Crippen molar-refractivity contribution in [3.8, 4) is 0 Å². The molecule has 0 saturated heterocycles. The van der Waals surface area contributed by atoms with Gasteiger partial charge in [0, 0.05) is 19.0 Å². The van der Waals surface area contributed by atoms with E-state index in [2.05, 4.69) is 39.2 Å². The standard InChI is InChI=1S/C11H19N5O/c1-4-12-11(17)8-6-16-9(5-13-8)14-15-10(16)7(2)3/h7-8,13H,4-6H2,1-3H3,(H,12,17). The SMILES string of the molecule is CCNC(=O)C1Cn2c(nnc2C(C)C)CN1. The summed E-state index contributed by atoms with van der Waals surface area (Å²) in [6.45, 7) is 7.96. The fraction of sp³-hybridized carbons (Fsp3) is 0.727. The lowest BCUT2D eigenvalue weighted by molar-refractivity contribution is -0.123. The van der Waals surface area contributed by atoms with Gasteiger partial charge in [0.15, 0.2) is 0 Å². The van der Waals surface area contributed by atoms with E-state index in [0.29, 0.717) is 25.6 Å². The van der Waals surface area contributed by atoms with Gasteiger partial charge in [-0.05, 0) is 6.92 Å². The number of amides is 1. The third kappa shape index (κ3) is 2.31. The zero-order valence-electron chi connectivity index (χ0n) is 10.5. The highest BCUT2D eigenvalue weighted by Crippen LogP contribution is 2.16. The Morgan fingerprint density at radius 1 is 1.59 bits per heavy atom. The molecule has 6 nitrogen and oxygen atoms in total. The van der Waals surface area contributed by atoms with Crippen molar-refractivity contribution in [2.75, 3.05) is 6.54 Å². The molecule has 2 rings (SSSR count). The molecule has 0 saturated carbocycles. The highest BCUT2D eigenvalue weighted by atomic mass is 16.2. The summed E-state index contributed by atoms with van der Waals surface area (Å²) in [5.41, 5.74) is 0. The predicted molar refractivity (Wildman–Crippen MR) is 63.4 cm³/mol. The Hall–Kier alpha value is -1.43. The zero-order valence-corrected chi connectivity index (χ0v) is 10.5. The summed E-state index contributed by atoms with van der Waals surface area (Å²) in [7, 11) is 0. The number of hydrogen-bond acceptors (Lipinski definition) is 4. The van der Waals surface area contributed by atoms with Gasteiger partial charge in [0.05, 0.1) is 6.54 Å². The number of carbonyl (C=O) groups is 1. The van der Waals surface area contributed by atoms with Crippen molar-refractivity contribution in [2.45, 2.75) is 45.8 Å². The normalized spacial score (nSPS) is 19.2. The summed E-state index contributed by atoms with van der Waals surface area (Å²) < 4.78 is 2.06. The number of rotatable bonds is 3. The van der Waals surface area contributed by atoms with E-state index in [0.717, 1.165) is 11.6 Å². The number of fused-ring (bicyclic) bond motifs is 1. The Kier molecular flexibility index (Phi) is 3.42. The van der Waals surface area contributed by atoms with E-state index in [9.17, 15) is 4.79 Å². The second kappa shape index (κ2) is 4.83. The maximum Gasteiger partial charge on any atom is 0.238 e. The minimum atomic E-state index is -0.184. The first-order valence-corrected chi connectivity index (χ1v) is 6.06. The van der Waals surface area contributed by atoms with Gasteiger partial charge in [-0.15, -0.1) is 10.2 Å². The molecule has 1 aliphatic rings. The van der Waals surface area contributed by atoms with Crippen LogP contribution in [-0.4, -0.2) is 33.3 Å². The van der Waals surface area contributed by atoms with Crippen LogP contribution in [-0.2, 0) is 17.9 Å². The number of carbonyl (C=O) groups excluding carboxylic acids is 1. The molecule has 0 fully saturated rings. The van der Waals surface area contributed by atoms with Crippen molar-refractivity contribution in [3.05, 3.63) is 11.6 Å². The Morgan fingerprint density at radius 3 is 3.00 bits per heavy atom. The highest BCUT2D eigenvalue weighted by molar-refractivity contribution is 5.81. The Balaban J connectivity index is 2.16. The van der Waals surface area contributed by atoms with Crippen LogP contribution in [0.2, 0.25) is 0 Å². The fourth-order valence-corrected chi connectivity index (χ4v) is 2.04. The molecule has 0 bridgehead atoms. The molecule has 2 heterocycles. The van der Waals surface area contributed by atoms with Crippen LogP contribution in [0.15, 0.2) is 0 Å². The van der Waals surface area contributed by atoms with E-state index in [1.807, 2.05) is 6.92 Å². The molecule has 0 aliphatic carbocycles. The molecule has 1 aromatic heterocycles. The van der Waals surface area contributed by atoms with Crippen molar-refractivity contribution in [1.29, 1.82) is 0 Å². The summed E-state index contributed by atoms with van der Waals surface area (Å²) >= 11 is 0. The molecule has 1 aromatic rings. The Labute approximate surface area is 101 Å². The van der Waals surface area contributed by atoms with Crippen LogP contribution in [0.3, 0.4) is 0 Å². The average molecular weight is 237 g/mol. The van der Waals surface area contributed by atoms with Crippen LogP contribution < -0.4 is 10.6 Å². The van der Waals surface area contributed by atoms with E-state index in [1.54, 1.807) is 0 Å². The Bertz CT molecular complexity index is 412. The molecule has 1 unspecified atom stereocenters. The first-order chi connectivity index (χ1) is 8.13. The number of likely N-dealkylation sites (N-methyl/N-ethyl adjacent to an activating group) is 1. The third-order valence-electron chi connectivity index (χ3n) is 2.91. The molecule has 17 heavy (non-hydrogen) atoms. The van der Waals surface area contributed by atoms with Gasteiger partial charge in [0.1, 0.15) is 17.7 Å². The smallest absolute Gasteiger partial charge is 0.238 e. The first kappa shape index (κ1) is 12.0. The van der Waals surface area contributed by atoms with Gasteiger partial charge in [-0.1, -0.05) is 13.8 Å². The molecule has 6 heteroatoms. The van der Waals surface area contributed by atoms with Crippen molar-refractivity contribution >= 4 is 5.91 Å². The van der Waals surface area contributed by atoms with Crippen molar-refractivity contribution in [1.82, 2.24) is 25.4 Å². The maximum atomic E-state index is 11.8. The molecule has 0 spiro atoms. The van der Waals surface area contributed by atoms with Gasteiger partial charge in [0.25, 0.3) is 0 Å². The topological polar surface area (TPSA) is 71.8 Å². The summed E-state index contributed by atoms with van der Waals surface area (Å²) in [5.74, 6) is 2.23. The molecule has 0 aromatic carbocycles. The van der Waals surface area contributed by atoms with Crippen LogP contribution in [0.5, 0.6) is 0 Å². The quantitative estimate of drug-likeness (QED) is 0.777. The second-order valence-electron chi connectivity index (χ2n) is 4.57. The van der Waals surface area contributed by atoms with Crippen LogP contribution in [0.1, 0.15) is 38.3 Å². The van der Waals surface area contributed by atoms with Crippen molar-refractivity contribution in [3.63, 3.8) is 0 Å². The van der Waals surface area contributed by atoms with E-state index >= 15 is 0 Å². The van der Waals surface area contributed by atoms with Gasteiger partial charge in [0.2, 0.25) is 5.91 Å². The summed E-state index contributed by atoms with van der Waals surface area (Å²) in [5, 5.41) is 14.3. The lowest BCUT2D eigenvalue weighted by Gasteiger charge is -2.25. The Morgan fingerprint density at radius 2 is 2.35 bits per heavy atom. The third-order valence-corrected chi connectivity index (χ3v) is 2.91. The van der Waals surface area contributed by atoms with Gasteiger partial charge >= 0.3 is 0 Å². The summed E-state index contributed by atoms with van der Waals surface area (Å²) in [4.78, 5) is 11.8. The monoisotopic (exact) mass is 237 g/mol. The molecule has 94 valence electrons. The number of nitrogens with one attached hydrogen (secondary N) is 2. The lowest BCUT2D eigenvalue weighted by atomic mass is 10.1. The van der Waals surface area contributed by atoms with E-state index < -0.39 is 0 Å². The number of aromatic nitrogens is 3. The predicted octanol–water partition coefficient (Wildman–Crippen LogP) is 0.00940. The van der Waals surface area contributed by atoms with Crippen molar-refractivity contribution < 1.29 is 4.79 Å². The maximum absolute atomic E-state index is 11.8. The molecule has 1 amide bonds. The molecule has 1 atom stereocenters. The van der Waals surface area contributed by atoms with Crippen molar-refractivity contribution in [2.24, 2.45) is 0 Å². The van der Waals surface area contributed by atoms with E-state index in [-0.39, 0.29) is 11.9 Å². The lowest BCUT2D eigenvalue weighted by Crippen LogP contribution is -2.49. The molecule has 1 aliphatic heterocycles. The van der Waals surface area contributed by atoms with E-state index in [1.165, 1.54) is 0 Å². The van der Waals surface area contributed by atoms with Gasteiger partial charge < -0.3 is 9.88 Å². The first-order valence-electron chi connectivity index (χ1n) is 6.06. The zero-order chi connectivity index (χ0) is 12.4. The highest BCUT2D eigenvalue weighted by Gasteiger charge is 2.27. The molecule has 2 N–H and O–H groups in total. The molecular formula is C11H19N5O. The largest absolute Gasteiger partial charge is 0.355 e. The molecule has 0 radical (unpaired) electrons. The minimum absolute atomic E-state index is 0.0431. The fourth-order valence-electron chi connectivity index (χ4n) is 2.04. The summed E-state index contributed by atoms with van der Waals surface area (Å²) in [6.07, 6.45) is 0. The van der Waals surface area contributed by atoms with Crippen LogP contribution in [0, 0.1) is 0 Å². The molecular weight excluding hydrogens is 218 g/mol. The van der Waals surface area contributed by atoms with Crippen LogP contribution in [0.25, 0.3) is 0 Å². The average Bonchev–Trinajstić information content (AvgIpc) is 2.71. The summed E-state index contributed by atoms with van der Waals surface area (Å²) in [6, 6.07) is -0.184.